The van der Waals surface area contributed by atoms with Crippen LogP contribution in [0.1, 0.15) is 30.0 Å². The van der Waals surface area contributed by atoms with Crippen molar-refractivity contribution < 1.29 is 4.74 Å². The molecule has 1 N–H and O–H groups in total. The summed E-state index contributed by atoms with van der Waals surface area (Å²) in [5.74, 6) is 1.50. The molecule has 0 radical (unpaired) electrons. The van der Waals surface area contributed by atoms with Crippen LogP contribution in [0.5, 0.6) is 5.75 Å². The summed E-state index contributed by atoms with van der Waals surface area (Å²) in [6.07, 6.45) is 4.25. The molecule has 0 saturated carbocycles. The standard InChI is InChI=1S/C15H24IN3O/c1-11-8-13(20-10-14(16)19(2)3)15(18-9-11)12-4-6-17-7-5-12/h8-9,12,14,17H,4-7,10H2,1-3H3/t14-/m0/s1. The molecule has 1 aliphatic heterocycles. The number of aromatic nitrogens is 1. The Morgan fingerprint density at radius 1 is 1.45 bits per heavy atom. The van der Waals surface area contributed by atoms with E-state index in [4.69, 9.17) is 4.74 Å². The van der Waals surface area contributed by atoms with Crippen LogP contribution in [0.15, 0.2) is 12.3 Å². The van der Waals surface area contributed by atoms with Crippen LogP contribution in [0.4, 0.5) is 0 Å². The summed E-state index contributed by atoms with van der Waals surface area (Å²) in [6, 6.07) is 2.13. The minimum absolute atomic E-state index is 0.369. The van der Waals surface area contributed by atoms with E-state index in [0.29, 0.717) is 16.6 Å². The van der Waals surface area contributed by atoms with Gasteiger partial charge in [0, 0.05) is 12.1 Å². The Balaban J connectivity index is 2.11. The molecule has 1 atom stereocenters. The third-order valence-electron chi connectivity index (χ3n) is 3.68. The molecule has 0 bridgehead atoms. The van der Waals surface area contributed by atoms with Crippen LogP contribution in [0.3, 0.4) is 0 Å². The van der Waals surface area contributed by atoms with Crippen molar-refractivity contribution in [1.82, 2.24) is 15.2 Å². The number of ether oxygens (including phenoxy) is 1. The van der Waals surface area contributed by atoms with Gasteiger partial charge in [-0.1, -0.05) is 22.6 Å². The van der Waals surface area contributed by atoms with Crippen LogP contribution in [-0.2, 0) is 0 Å². The van der Waals surface area contributed by atoms with Crippen LogP contribution in [0.2, 0.25) is 0 Å². The number of rotatable bonds is 5. The van der Waals surface area contributed by atoms with Gasteiger partial charge in [0.05, 0.1) is 9.74 Å². The highest BCUT2D eigenvalue weighted by Gasteiger charge is 2.21. The van der Waals surface area contributed by atoms with Crippen molar-refractivity contribution in [3.8, 4) is 5.75 Å². The second-order valence-electron chi connectivity index (χ2n) is 5.63. The second-order valence-corrected chi connectivity index (χ2v) is 7.07. The van der Waals surface area contributed by atoms with Gasteiger partial charge in [0.15, 0.2) is 0 Å². The Morgan fingerprint density at radius 2 is 2.15 bits per heavy atom. The highest BCUT2D eigenvalue weighted by Crippen LogP contribution is 2.31. The van der Waals surface area contributed by atoms with Gasteiger partial charge in [-0.15, -0.1) is 0 Å². The van der Waals surface area contributed by atoms with Gasteiger partial charge in [0.1, 0.15) is 12.4 Å². The zero-order chi connectivity index (χ0) is 14.5. The van der Waals surface area contributed by atoms with Gasteiger partial charge in [-0.3, -0.25) is 9.88 Å². The lowest BCUT2D eigenvalue weighted by Gasteiger charge is -2.25. The van der Waals surface area contributed by atoms with Crippen molar-refractivity contribution in [3.05, 3.63) is 23.5 Å². The minimum atomic E-state index is 0.369. The fraction of sp³-hybridized carbons (Fsp3) is 0.667. The van der Waals surface area contributed by atoms with Gasteiger partial charge in [-0.25, -0.2) is 0 Å². The maximum Gasteiger partial charge on any atom is 0.141 e. The van der Waals surface area contributed by atoms with E-state index >= 15 is 0 Å². The Morgan fingerprint density at radius 3 is 2.80 bits per heavy atom. The molecule has 1 aromatic heterocycles. The van der Waals surface area contributed by atoms with Gasteiger partial charge in [-0.2, -0.15) is 0 Å². The van der Waals surface area contributed by atoms with E-state index in [-0.39, 0.29) is 0 Å². The lowest BCUT2D eigenvalue weighted by atomic mass is 9.93. The number of pyridine rings is 1. The molecule has 112 valence electrons. The molecule has 0 amide bonds. The molecule has 0 spiro atoms. The number of alkyl halides is 1. The van der Waals surface area contributed by atoms with Crippen LogP contribution < -0.4 is 10.1 Å². The SMILES string of the molecule is Cc1cnc(C2CCNCC2)c(OC[C@@H](I)N(C)C)c1. The summed E-state index contributed by atoms with van der Waals surface area (Å²) < 4.78 is 6.43. The quantitative estimate of drug-likeness (QED) is 0.477. The molecular weight excluding hydrogens is 365 g/mol. The van der Waals surface area contributed by atoms with Crippen LogP contribution in [0.25, 0.3) is 0 Å². The monoisotopic (exact) mass is 389 g/mol. The summed E-state index contributed by atoms with van der Waals surface area (Å²) in [5, 5.41) is 3.40. The van der Waals surface area contributed by atoms with E-state index < -0.39 is 0 Å². The predicted octanol–water partition coefficient (Wildman–Crippen LogP) is 2.56. The zero-order valence-electron chi connectivity index (χ0n) is 12.5. The lowest BCUT2D eigenvalue weighted by Crippen LogP contribution is -2.29. The highest BCUT2D eigenvalue weighted by molar-refractivity contribution is 14.1. The molecule has 1 aromatic rings. The van der Waals surface area contributed by atoms with Gasteiger partial charge < -0.3 is 10.1 Å². The molecule has 1 fully saturated rings. The minimum Gasteiger partial charge on any atom is -0.489 e. The third kappa shape index (κ3) is 4.30. The molecule has 5 heteroatoms. The molecule has 2 heterocycles. The van der Waals surface area contributed by atoms with Gasteiger partial charge >= 0.3 is 0 Å². The number of hydrogen-bond acceptors (Lipinski definition) is 4. The van der Waals surface area contributed by atoms with Gasteiger partial charge in [0.2, 0.25) is 0 Å². The largest absolute Gasteiger partial charge is 0.489 e. The molecule has 1 aliphatic rings. The number of halogens is 1. The van der Waals surface area contributed by atoms with Crippen molar-refractivity contribution in [2.75, 3.05) is 33.8 Å². The number of likely N-dealkylation sites (N-methyl/N-ethyl adjacent to an activating group) is 1. The van der Waals surface area contributed by atoms with Crippen molar-refractivity contribution in [2.24, 2.45) is 0 Å². The molecule has 1 saturated heterocycles. The van der Waals surface area contributed by atoms with Crippen molar-refractivity contribution in [3.63, 3.8) is 0 Å². The van der Waals surface area contributed by atoms with E-state index in [1.165, 1.54) is 0 Å². The van der Waals surface area contributed by atoms with Crippen molar-refractivity contribution >= 4 is 22.6 Å². The highest BCUT2D eigenvalue weighted by atomic mass is 127. The normalized spacial score (nSPS) is 18.2. The molecule has 20 heavy (non-hydrogen) atoms. The average Bonchev–Trinajstić information content (AvgIpc) is 2.45. The molecule has 0 aromatic carbocycles. The number of nitrogens with one attached hydrogen (secondary N) is 1. The molecule has 0 aliphatic carbocycles. The maximum atomic E-state index is 6.06. The fourth-order valence-corrected chi connectivity index (χ4v) is 2.56. The summed E-state index contributed by atoms with van der Waals surface area (Å²) in [4.78, 5) is 6.82. The topological polar surface area (TPSA) is 37.4 Å². The summed E-state index contributed by atoms with van der Waals surface area (Å²) in [7, 11) is 4.14. The van der Waals surface area contributed by atoms with Gasteiger partial charge in [0.25, 0.3) is 0 Å². The second kappa shape index (κ2) is 7.56. The number of hydrogen-bond donors (Lipinski definition) is 1. The first kappa shape index (κ1) is 16.0. The average molecular weight is 389 g/mol. The third-order valence-corrected chi connectivity index (χ3v) is 5.15. The molecular formula is C15H24IN3O. The first-order valence-electron chi connectivity index (χ1n) is 7.18. The Bertz CT molecular complexity index is 433. The lowest BCUT2D eigenvalue weighted by molar-refractivity contribution is 0.245. The smallest absolute Gasteiger partial charge is 0.141 e. The molecule has 0 unspecified atom stereocenters. The van der Waals surface area contributed by atoms with E-state index in [1.54, 1.807) is 0 Å². The first-order valence-corrected chi connectivity index (χ1v) is 8.43. The fourth-order valence-electron chi connectivity index (χ4n) is 2.38. The Kier molecular flexibility index (Phi) is 6.04. The van der Waals surface area contributed by atoms with E-state index in [2.05, 4.69) is 64.9 Å². The van der Waals surface area contributed by atoms with E-state index in [1.807, 2.05) is 6.20 Å². The summed E-state index contributed by atoms with van der Waals surface area (Å²) in [5.41, 5.74) is 2.30. The van der Waals surface area contributed by atoms with Gasteiger partial charge in [-0.05, 0) is 58.6 Å². The molecule has 4 nitrogen and oxygen atoms in total. The van der Waals surface area contributed by atoms with Crippen molar-refractivity contribution in [2.45, 2.75) is 29.7 Å². The summed E-state index contributed by atoms with van der Waals surface area (Å²) in [6.45, 7) is 4.91. The Hall–Kier alpha value is -0.400. The van der Waals surface area contributed by atoms with Crippen LogP contribution in [0, 0.1) is 6.92 Å². The van der Waals surface area contributed by atoms with Crippen molar-refractivity contribution in [1.29, 1.82) is 0 Å². The van der Waals surface area contributed by atoms with E-state index in [0.717, 1.165) is 42.9 Å². The van der Waals surface area contributed by atoms with E-state index in [9.17, 15) is 0 Å². The number of nitrogens with zero attached hydrogens (tertiary/aromatic N) is 2. The maximum absolute atomic E-state index is 6.06. The number of piperidine rings is 1. The van der Waals surface area contributed by atoms with Crippen LogP contribution >= 0.6 is 22.6 Å². The first-order chi connectivity index (χ1) is 9.58. The Labute approximate surface area is 135 Å². The molecule has 2 rings (SSSR count). The predicted molar refractivity (Wildman–Crippen MR) is 90.8 cm³/mol. The number of aryl methyl sites for hydroxylation is 1. The van der Waals surface area contributed by atoms with Crippen LogP contribution in [-0.4, -0.2) is 47.7 Å². The summed E-state index contributed by atoms with van der Waals surface area (Å²) >= 11 is 2.40. The zero-order valence-corrected chi connectivity index (χ0v) is 14.7.